The Morgan fingerprint density at radius 1 is 1.23 bits per heavy atom. The van der Waals surface area contributed by atoms with E-state index >= 15 is 0 Å². The van der Waals surface area contributed by atoms with Crippen LogP contribution in [-0.4, -0.2) is 38.6 Å². The van der Waals surface area contributed by atoms with E-state index in [1.807, 2.05) is 17.7 Å². The van der Waals surface area contributed by atoms with E-state index in [1.165, 1.54) is 38.9 Å². The van der Waals surface area contributed by atoms with Crippen molar-refractivity contribution in [2.75, 3.05) is 13.1 Å². The fourth-order valence-corrected chi connectivity index (χ4v) is 5.74. The number of aromatic nitrogens is 2. The van der Waals surface area contributed by atoms with Crippen LogP contribution in [0.1, 0.15) is 38.6 Å². The van der Waals surface area contributed by atoms with Crippen molar-refractivity contribution in [2.24, 2.45) is 7.05 Å². The Morgan fingerprint density at radius 3 is 2.80 bits per heavy atom. The molecule has 1 unspecified atom stereocenters. The molecule has 1 aliphatic rings. The van der Waals surface area contributed by atoms with Crippen LogP contribution in [0.25, 0.3) is 15.9 Å². The second-order valence-electron chi connectivity index (χ2n) is 8.93. The Bertz CT molecular complexity index is 1440. The summed E-state index contributed by atoms with van der Waals surface area (Å²) in [6, 6.07) is 16.4. The molecule has 0 amide bonds. The summed E-state index contributed by atoms with van der Waals surface area (Å²) in [4.78, 5) is 19.4. The molecule has 4 aromatic rings. The lowest BCUT2D eigenvalue weighted by Gasteiger charge is -2.26. The third kappa shape index (κ3) is 5.18. The largest absolute Gasteiger partial charge is 0.489 e. The van der Waals surface area contributed by atoms with Gasteiger partial charge in [-0.3, -0.25) is 4.90 Å². The number of aromatic carboxylic acids is 1. The molecular formula is C27H28N3O3PS. The number of aryl methyl sites for hydroxylation is 2. The SMILES string of the molecule is Cc1ccc(COc2cccc(C3=CCN(Cc4nc5sc(C(=O)O)cc5n4C)CC3)c2)c(P)c1. The lowest BCUT2D eigenvalue weighted by Crippen LogP contribution is -2.29. The maximum Gasteiger partial charge on any atom is 0.346 e. The van der Waals surface area contributed by atoms with Crippen molar-refractivity contribution in [3.8, 4) is 5.75 Å². The highest BCUT2D eigenvalue weighted by Gasteiger charge is 2.19. The van der Waals surface area contributed by atoms with Crippen molar-refractivity contribution < 1.29 is 14.6 Å². The summed E-state index contributed by atoms with van der Waals surface area (Å²) in [5.74, 6) is 0.937. The number of carboxylic acids is 1. The molecule has 0 bridgehead atoms. The summed E-state index contributed by atoms with van der Waals surface area (Å²) in [7, 11) is 4.75. The number of hydrogen-bond acceptors (Lipinski definition) is 5. The molecule has 8 heteroatoms. The van der Waals surface area contributed by atoms with Gasteiger partial charge in [0, 0.05) is 20.1 Å². The van der Waals surface area contributed by atoms with Gasteiger partial charge in [0.2, 0.25) is 0 Å². The van der Waals surface area contributed by atoms with Crippen molar-refractivity contribution in [1.82, 2.24) is 14.5 Å². The van der Waals surface area contributed by atoms with Crippen LogP contribution in [-0.2, 0) is 20.2 Å². The average molecular weight is 506 g/mol. The first-order chi connectivity index (χ1) is 16.9. The van der Waals surface area contributed by atoms with Gasteiger partial charge < -0.3 is 14.4 Å². The molecule has 0 fully saturated rings. The van der Waals surface area contributed by atoms with Crippen LogP contribution in [0.4, 0.5) is 0 Å². The highest BCUT2D eigenvalue weighted by molar-refractivity contribution is 7.27. The van der Waals surface area contributed by atoms with E-state index in [0.717, 1.165) is 48.0 Å². The number of thiophene rings is 1. The Hall–Kier alpha value is -2.99. The number of carboxylic acid groups (broad SMARTS) is 1. The van der Waals surface area contributed by atoms with Crippen molar-refractivity contribution in [2.45, 2.75) is 26.5 Å². The molecule has 180 valence electrons. The lowest BCUT2D eigenvalue weighted by atomic mass is 9.99. The number of nitrogens with zero attached hydrogens (tertiary/aromatic N) is 3. The molecule has 1 atom stereocenters. The van der Waals surface area contributed by atoms with Gasteiger partial charge in [-0.05, 0) is 53.5 Å². The molecule has 2 aromatic carbocycles. The maximum absolute atomic E-state index is 11.2. The maximum atomic E-state index is 11.2. The molecule has 0 saturated heterocycles. The summed E-state index contributed by atoms with van der Waals surface area (Å²) in [5, 5.41) is 10.4. The number of ether oxygens (including phenoxy) is 1. The highest BCUT2D eigenvalue weighted by atomic mass is 32.1. The molecule has 3 heterocycles. The number of benzene rings is 2. The van der Waals surface area contributed by atoms with Crippen molar-refractivity contribution >= 4 is 47.8 Å². The van der Waals surface area contributed by atoms with Crippen molar-refractivity contribution in [3.05, 3.63) is 82.0 Å². The van der Waals surface area contributed by atoms with Gasteiger partial charge in [0.05, 0.1) is 12.1 Å². The van der Waals surface area contributed by atoms with E-state index < -0.39 is 5.97 Å². The van der Waals surface area contributed by atoms with Crippen LogP contribution in [0.5, 0.6) is 5.75 Å². The molecule has 2 aromatic heterocycles. The van der Waals surface area contributed by atoms with E-state index in [9.17, 15) is 9.90 Å². The molecule has 0 radical (unpaired) electrons. The van der Waals surface area contributed by atoms with Gasteiger partial charge in [0.1, 0.15) is 27.9 Å². The van der Waals surface area contributed by atoms with Crippen LogP contribution < -0.4 is 10.0 Å². The van der Waals surface area contributed by atoms with Crippen LogP contribution in [0.2, 0.25) is 0 Å². The Kier molecular flexibility index (Phi) is 6.74. The normalized spacial score (nSPS) is 14.3. The van der Waals surface area contributed by atoms with Crippen LogP contribution in [0, 0.1) is 6.92 Å². The van der Waals surface area contributed by atoms with Crippen LogP contribution in [0.15, 0.2) is 54.6 Å². The summed E-state index contributed by atoms with van der Waals surface area (Å²) in [6.45, 7) is 5.17. The minimum absolute atomic E-state index is 0.328. The second kappa shape index (κ2) is 9.94. The summed E-state index contributed by atoms with van der Waals surface area (Å²) < 4.78 is 8.11. The highest BCUT2D eigenvalue weighted by Crippen LogP contribution is 2.29. The van der Waals surface area contributed by atoms with Crippen LogP contribution >= 0.6 is 20.6 Å². The first kappa shape index (κ1) is 23.7. The van der Waals surface area contributed by atoms with Crippen LogP contribution in [0.3, 0.4) is 0 Å². The fourth-order valence-electron chi connectivity index (χ4n) is 4.38. The van der Waals surface area contributed by atoms with Gasteiger partial charge in [0.25, 0.3) is 0 Å². The smallest absolute Gasteiger partial charge is 0.346 e. The quantitative estimate of drug-likeness (QED) is 0.358. The second-order valence-corrected chi connectivity index (χ2v) is 10.6. The number of hydrogen-bond donors (Lipinski definition) is 1. The van der Waals surface area contributed by atoms with Gasteiger partial charge in [-0.15, -0.1) is 20.6 Å². The topological polar surface area (TPSA) is 67.6 Å². The first-order valence-corrected chi connectivity index (χ1v) is 12.9. The summed E-state index contributed by atoms with van der Waals surface area (Å²) in [5.41, 5.74) is 5.84. The number of carbonyl (C=O) groups is 1. The Morgan fingerprint density at radius 2 is 2.09 bits per heavy atom. The van der Waals surface area contributed by atoms with E-state index in [-0.39, 0.29) is 0 Å². The van der Waals surface area contributed by atoms with Gasteiger partial charge in [-0.25, -0.2) is 9.78 Å². The summed E-state index contributed by atoms with van der Waals surface area (Å²) >= 11 is 1.23. The predicted molar refractivity (Wildman–Crippen MR) is 145 cm³/mol. The van der Waals surface area contributed by atoms with Gasteiger partial charge >= 0.3 is 5.97 Å². The molecule has 0 aliphatic carbocycles. The third-order valence-corrected chi connectivity index (χ3v) is 7.99. The molecule has 35 heavy (non-hydrogen) atoms. The number of fused-ring (bicyclic) bond motifs is 1. The van der Waals surface area contributed by atoms with E-state index in [0.29, 0.717) is 11.5 Å². The summed E-state index contributed by atoms with van der Waals surface area (Å²) in [6.07, 6.45) is 3.25. The fraction of sp³-hybridized carbons (Fsp3) is 0.259. The zero-order chi connectivity index (χ0) is 24.5. The molecule has 0 saturated carbocycles. The van der Waals surface area contributed by atoms with Gasteiger partial charge in [-0.2, -0.15) is 0 Å². The van der Waals surface area contributed by atoms with Crippen molar-refractivity contribution in [1.29, 1.82) is 0 Å². The predicted octanol–water partition coefficient (Wildman–Crippen LogP) is 5.01. The molecule has 0 spiro atoms. The minimum Gasteiger partial charge on any atom is -0.489 e. The molecule has 5 rings (SSSR count). The molecule has 1 N–H and O–H groups in total. The number of imidazole rings is 1. The van der Waals surface area contributed by atoms with Gasteiger partial charge in [-0.1, -0.05) is 42.0 Å². The van der Waals surface area contributed by atoms with E-state index in [1.54, 1.807) is 6.07 Å². The zero-order valence-electron chi connectivity index (χ0n) is 19.8. The van der Waals surface area contributed by atoms with E-state index in [4.69, 9.17) is 9.72 Å². The third-order valence-electron chi connectivity index (χ3n) is 6.44. The Labute approximate surface area is 211 Å². The first-order valence-electron chi connectivity index (χ1n) is 11.6. The van der Waals surface area contributed by atoms with Crippen molar-refractivity contribution in [3.63, 3.8) is 0 Å². The Balaban J connectivity index is 1.23. The zero-order valence-corrected chi connectivity index (χ0v) is 21.8. The molecule has 6 nitrogen and oxygen atoms in total. The molecule has 1 aliphatic heterocycles. The number of rotatable bonds is 7. The molecular weight excluding hydrogens is 477 g/mol. The minimum atomic E-state index is -0.901. The monoisotopic (exact) mass is 505 g/mol. The average Bonchev–Trinajstić information content (AvgIpc) is 3.39. The van der Waals surface area contributed by atoms with E-state index in [2.05, 4.69) is 63.5 Å². The standard InChI is InChI=1S/C27H28N3O3PS/c1-17-6-7-20(23(34)12-17)16-33-21-5-3-4-19(13-21)18-8-10-30(11-9-18)15-25-28-26-22(29(25)2)14-24(35-26)27(31)32/h3-8,12-14H,9-11,15-16,34H2,1-2H3,(H,31,32). The van der Waals surface area contributed by atoms with Gasteiger partial charge in [0.15, 0.2) is 0 Å². The lowest BCUT2D eigenvalue weighted by molar-refractivity contribution is 0.0702.